The van der Waals surface area contributed by atoms with Crippen LogP contribution in [0.25, 0.3) is 0 Å². The van der Waals surface area contributed by atoms with Crippen molar-refractivity contribution in [1.82, 2.24) is 10.6 Å². The van der Waals surface area contributed by atoms with Gasteiger partial charge < -0.3 is 10.6 Å². The van der Waals surface area contributed by atoms with E-state index in [0.29, 0.717) is 6.54 Å². The Morgan fingerprint density at radius 3 is 2.55 bits per heavy atom. The van der Waals surface area contributed by atoms with Crippen LogP contribution in [0, 0.1) is 11.5 Å². The summed E-state index contributed by atoms with van der Waals surface area (Å²) in [6.45, 7) is 5.72. The van der Waals surface area contributed by atoms with Gasteiger partial charge in [-0.05, 0) is 20.8 Å². The summed E-state index contributed by atoms with van der Waals surface area (Å²) in [7, 11) is 0. The zero-order valence-electron chi connectivity index (χ0n) is 7.06. The molecule has 0 atom stereocenters. The highest BCUT2D eigenvalue weighted by Gasteiger charge is 2.25. The fourth-order valence-corrected chi connectivity index (χ4v) is 0.578. The van der Waals surface area contributed by atoms with Crippen molar-refractivity contribution in [2.75, 3.05) is 6.54 Å². The Bertz CT molecular complexity index is 181. The van der Waals surface area contributed by atoms with Crippen LogP contribution in [0.2, 0.25) is 0 Å². The van der Waals surface area contributed by atoms with Crippen molar-refractivity contribution in [3.8, 4) is 6.19 Å². The zero-order chi connectivity index (χ0) is 8.91. The molecule has 0 aromatic carbocycles. The van der Waals surface area contributed by atoms with Crippen molar-refractivity contribution in [2.45, 2.75) is 26.3 Å². The van der Waals surface area contributed by atoms with Gasteiger partial charge in [0.05, 0.1) is 0 Å². The van der Waals surface area contributed by atoms with Gasteiger partial charge in [-0.15, -0.1) is 0 Å². The molecule has 0 saturated carbocycles. The third-order valence-corrected chi connectivity index (χ3v) is 1.27. The first-order chi connectivity index (χ1) is 5.04. The summed E-state index contributed by atoms with van der Waals surface area (Å²) in [5, 5.41) is 13.3. The molecule has 2 N–H and O–H groups in total. The molecule has 0 aromatic heterocycles. The van der Waals surface area contributed by atoms with Crippen molar-refractivity contribution in [1.29, 1.82) is 5.26 Å². The predicted octanol–water partition coefficient (Wildman–Crippen LogP) is -0.0282. The first-order valence-electron chi connectivity index (χ1n) is 3.49. The molecule has 0 heterocycles. The first kappa shape index (κ1) is 9.76. The topological polar surface area (TPSA) is 64.9 Å². The Balaban J connectivity index is 4.08. The molecule has 0 unspecified atom stereocenters. The zero-order valence-corrected chi connectivity index (χ0v) is 7.06. The van der Waals surface area contributed by atoms with Crippen molar-refractivity contribution >= 4 is 5.91 Å². The van der Waals surface area contributed by atoms with E-state index in [1.807, 2.05) is 6.92 Å². The Morgan fingerprint density at radius 1 is 1.64 bits per heavy atom. The highest BCUT2D eigenvalue weighted by atomic mass is 16.2. The maximum atomic E-state index is 11.1. The minimum Gasteiger partial charge on any atom is -0.354 e. The average Bonchev–Trinajstić information content (AvgIpc) is 1.88. The van der Waals surface area contributed by atoms with Crippen LogP contribution < -0.4 is 10.6 Å². The van der Waals surface area contributed by atoms with Crippen molar-refractivity contribution in [3.05, 3.63) is 0 Å². The van der Waals surface area contributed by atoms with Crippen LogP contribution in [0.4, 0.5) is 0 Å². The Morgan fingerprint density at radius 2 is 2.18 bits per heavy atom. The van der Waals surface area contributed by atoms with Crippen molar-refractivity contribution in [2.24, 2.45) is 0 Å². The van der Waals surface area contributed by atoms with Crippen LogP contribution in [0.15, 0.2) is 0 Å². The normalized spacial score (nSPS) is 10.0. The van der Waals surface area contributed by atoms with E-state index in [1.54, 1.807) is 20.0 Å². The molecule has 0 radical (unpaired) electrons. The Labute approximate surface area is 66.6 Å². The summed E-state index contributed by atoms with van der Waals surface area (Å²) in [5.41, 5.74) is -0.801. The maximum absolute atomic E-state index is 11.1. The summed E-state index contributed by atoms with van der Waals surface area (Å²) in [6.07, 6.45) is 1.74. The molecule has 0 saturated heterocycles. The first-order valence-corrected chi connectivity index (χ1v) is 3.49. The number of carbonyl (C=O) groups excluding carboxylic acids is 1. The van der Waals surface area contributed by atoms with E-state index in [9.17, 15) is 4.79 Å². The van der Waals surface area contributed by atoms with E-state index >= 15 is 0 Å². The molecule has 11 heavy (non-hydrogen) atoms. The van der Waals surface area contributed by atoms with E-state index in [1.165, 1.54) is 0 Å². The van der Waals surface area contributed by atoms with Gasteiger partial charge in [0.25, 0.3) is 0 Å². The summed E-state index contributed by atoms with van der Waals surface area (Å²) in [5.74, 6) is -0.165. The minimum atomic E-state index is -0.801. The number of nitrogens with zero attached hydrogens (tertiary/aromatic N) is 1. The number of hydrogen-bond acceptors (Lipinski definition) is 3. The third kappa shape index (κ3) is 2.89. The highest BCUT2D eigenvalue weighted by Crippen LogP contribution is 1.99. The van der Waals surface area contributed by atoms with Gasteiger partial charge >= 0.3 is 0 Å². The summed E-state index contributed by atoms with van der Waals surface area (Å²) >= 11 is 0. The minimum absolute atomic E-state index is 0.165. The molecule has 0 aliphatic carbocycles. The van der Waals surface area contributed by atoms with Gasteiger partial charge in [0, 0.05) is 6.54 Å². The number of rotatable bonds is 3. The lowest BCUT2D eigenvalue weighted by molar-refractivity contribution is -0.125. The van der Waals surface area contributed by atoms with E-state index < -0.39 is 5.54 Å². The average molecular weight is 155 g/mol. The smallest absolute Gasteiger partial charge is 0.245 e. The Kier molecular flexibility index (Phi) is 3.38. The summed E-state index contributed by atoms with van der Waals surface area (Å²) < 4.78 is 0. The SMILES string of the molecule is CCNC(=O)C(C)(C)NC#N. The number of carbonyl (C=O) groups is 1. The van der Waals surface area contributed by atoms with E-state index in [-0.39, 0.29) is 5.91 Å². The highest BCUT2D eigenvalue weighted by molar-refractivity contribution is 5.85. The molecule has 0 bridgehead atoms. The molecular formula is C7H13N3O. The van der Waals surface area contributed by atoms with Gasteiger partial charge in [0.1, 0.15) is 5.54 Å². The van der Waals surface area contributed by atoms with Gasteiger partial charge in [0.2, 0.25) is 5.91 Å². The molecule has 4 nitrogen and oxygen atoms in total. The van der Waals surface area contributed by atoms with Gasteiger partial charge in [-0.25, -0.2) is 0 Å². The Hall–Kier alpha value is -1.24. The van der Waals surface area contributed by atoms with Crippen molar-refractivity contribution < 1.29 is 4.79 Å². The van der Waals surface area contributed by atoms with Crippen LogP contribution in [-0.4, -0.2) is 18.0 Å². The lowest BCUT2D eigenvalue weighted by Gasteiger charge is -2.20. The molecule has 0 aromatic rings. The van der Waals surface area contributed by atoms with Crippen LogP contribution in [0.5, 0.6) is 0 Å². The fraction of sp³-hybridized carbons (Fsp3) is 0.714. The van der Waals surface area contributed by atoms with Gasteiger partial charge in [-0.3, -0.25) is 4.79 Å². The second-order valence-corrected chi connectivity index (χ2v) is 2.72. The molecule has 0 spiro atoms. The number of amides is 1. The number of likely N-dealkylation sites (N-methyl/N-ethyl adjacent to an activating group) is 1. The van der Waals surface area contributed by atoms with E-state index in [4.69, 9.17) is 5.26 Å². The second kappa shape index (κ2) is 3.81. The van der Waals surface area contributed by atoms with Gasteiger partial charge in [0.15, 0.2) is 6.19 Å². The second-order valence-electron chi connectivity index (χ2n) is 2.72. The molecule has 4 heteroatoms. The van der Waals surface area contributed by atoms with Gasteiger partial charge in [-0.2, -0.15) is 5.26 Å². The molecule has 62 valence electrons. The van der Waals surface area contributed by atoms with Crippen LogP contribution in [0.1, 0.15) is 20.8 Å². The standard InChI is InChI=1S/C7H13N3O/c1-4-9-6(11)7(2,3)10-5-8/h10H,4H2,1-3H3,(H,9,11). The van der Waals surface area contributed by atoms with Crippen molar-refractivity contribution in [3.63, 3.8) is 0 Å². The lowest BCUT2D eigenvalue weighted by Crippen LogP contribution is -2.50. The van der Waals surface area contributed by atoms with Gasteiger partial charge in [-0.1, -0.05) is 0 Å². The van der Waals surface area contributed by atoms with Crippen LogP contribution >= 0.6 is 0 Å². The monoisotopic (exact) mass is 155 g/mol. The van der Waals surface area contributed by atoms with Crippen LogP contribution in [0.3, 0.4) is 0 Å². The fourth-order valence-electron chi connectivity index (χ4n) is 0.578. The molecule has 0 fully saturated rings. The largest absolute Gasteiger partial charge is 0.354 e. The number of nitriles is 1. The quantitative estimate of drug-likeness (QED) is 0.444. The maximum Gasteiger partial charge on any atom is 0.245 e. The summed E-state index contributed by atoms with van der Waals surface area (Å²) in [4.78, 5) is 11.1. The third-order valence-electron chi connectivity index (χ3n) is 1.27. The lowest BCUT2D eigenvalue weighted by atomic mass is 10.1. The van der Waals surface area contributed by atoms with E-state index in [2.05, 4.69) is 10.6 Å². The molecular weight excluding hydrogens is 142 g/mol. The molecule has 0 aliphatic rings. The summed E-state index contributed by atoms with van der Waals surface area (Å²) in [6, 6.07) is 0. The number of nitrogens with one attached hydrogen (secondary N) is 2. The van der Waals surface area contributed by atoms with E-state index in [0.717, 1.165) is 0 Å². The molecule has 1 amide bonds. The van der Waals surface area contributed by atoms with Crippen LogP contribution in [-0.2, 0) is 4.79 Å². The molecule has 0 rings (SSSR count). The predicted molar refractivity (Wildman–Crippen MR) is 41.5 cm³/mol. The number of hydrogen-bond donors (Lipinski definition) is 2. The molecule has 0 aliphatic heterocycles.